The van der Waals surface area contributed by atoms with Crippen LogP contribution in [0.1, 0.15) is 371 Å². The molecule has 0 unspecified atom stereocenters. The number of allylic oxidation sites excluding steroid dienone is 1. The molecule has 0 heterocycles. The minimum Gasteiger partial charge on any atom is -0.344 e. The number of hydrogen-bond acceptors (Lipinski definition) is 4. The molecule has 0 radical (unpaired) electrons. The van der Waals surface area contributed by atoms with Gasteiger partial charge in [-0.15, -0.1) is 38.4 Å². The first-order valence-corrected chi connectivity index (χ1v) is 95.0. The Morgan fingerprint density at radius 2 is 0.465 bits per heavy atom. The molecule has 0 aromatic rings. The zero-order chi connectivity index (χ0) is 56.8. The van der Waals surface area contributed by atoms with E-state index in [2.05, 4.69) is 39.8 Å². The van der Waals surface area contributed by atoms with Crippen molar-refractivity contribution in [1.29, 1.82) is 16.3 Å². The summed E-state index contributed by atoms with van der Waals surface area (Å²) in [4.78, 5) is 1.75. The molecule has 28 heteroatoms. The monoisotopic (exact) mass is 1770 g/mol. The van der Waals surface area contributed by atoms with Crippen LogP contribution < -0.4 is 6.15 Å². The summed E-state index contributed by atoms with van der Waals surface area (Å²) < 4.78 is 0. The van der Waals surface area contributed by atoms with E-state index in [1.54, 1.807) is 132 Å². The third-order valence-corrected chi connectivity index (χ3v) is 86.4. The quantitative estimate of drug-likeness (QED) is 0.0726. The summed E-state index contributed by atoms with van der Waals surface area (Å²) in [6.45, 7) is 69.7. The maximum absolute atomic E-state index is 6.86. The van der Waals surface area contributed by atoms with Crippen LogP contribution in [0, 0.1) is 56.3 Å². The van der Waals surface area contributed by atoms with Crippen molar-refractivity contribution >= 4 is 194 Å². The van der Waals surface area contributed by atoms with Crippen LogP contribution in [-0.4, -0.2) is 194 Å². The van der Waals surface area contributed by atoms with Crippen molar-refractivity contribution in [3.8, 4) is 0 Å². The molecule has 0 aliphatic rings. The predicted molar refractivity (Wildman–Crippen MR) is 564 cm³/mol. The topological polar surface area (TPSA) is 143 Å². The van der Waals surface area contributed by atoms with Gasteiger partial charge in [-0.25, -0.2) is 0 Å². The molecule has 0 saturated carbocycles. The van der Waals surface area contributed by atoms with Gasteiger partial charge in [0.15, 0.2) is 0 Å². The number of hydrogen-bond donors (Lipinski definition) is 2. The van der Waals surface area contributed by atoms with E-state index < -0.39 is 0 Å². The molecular weight excluding hydrogens is 1530 g/mol. The molecule has 0 saturated heterocycles. The van der Waals surface area contributed by atoms with Crippen LogP contribution >= 0.6 is 0 Å². The van der Waals surface area contributed by atoms with Gasteiger partial charge in [-0.3, -0.25) is 0 Å². The normalized spacial score (nSPS) is 6.01. The number of nitrogens with one attached hydrogen (secondary N) is 1. The molecular formula is C58H246GdN6Si21. The van der Waals surface area contributed by atoms with Crippen molar-refractivity contribution < 1.29 is 39.9 Å². The Kier molecular flexibility index (Phi) is 5510. The van der Waals surface area contributed by atoms with Gasteiger partial charge in [0.25, 0.3) is 0 Å². The van der Waals surface area contributed by atoms with Crippen molar-refractivity contribution in [3.63, 3.8) is 0 Å². The molecule has 0 aliphatic carbocycles. The standard InChI is InChI=1S/C5H10.13C2H6.2C2H4.23CH4.Gd.HN3.N2.H3N.H14Si6.H12Si5.H10Si4.H8Si3.H6Si2.H4Si/c1-3-5-4-2;15*1-2;;;;;;;;;;;;;;;;;;;;;;;;;1-3-2;1-2;;1-5-6(2,3)4;1-5(2,3)4;1-4(2)3;1-3-2;1-2;/h3H,1,4-5H2,2H3;13*1-2H3;2*1-2H2;23*1H4;;1H;;1H3;5H2,1-4H3;1-4H3;4H,1-3H3;3H2,1-2H3;1-2H3;1H4. The third-order valence-electron chi connectivity index (χ3n) is 1.55. The molecule has 0 rings (SSSR count). The molecule has 0 aliphatic heterocycles. The second-order valence-corrected chi connectivity index (χ2v) is 227. The zero-order valence-corrected chi connectivity index (χ0v) is 92.1. The van der Waals surface area contributed by atoms with E-state index in [9.17, 15) is 0 Å². The Balaban J connectivity index is -0.00000000353. The molecule has 0 atom stereocenters. The van der Waals surface area contributed by atoms with Gasteiger partial charge in [0, 0.05) is 50.7 Å². The second-order valence-electron chi connectivity index (χ2n) is 9.53. The van der Waals surface area contributed by atoms with E-state index in [-0.39, 0.29) is 248 Å². The maximum atomic E-state index is 6.86. The predicted octanol–water partition coefficient (Wildman–Crippen LogP) is 10.2. The summed E-state index contributed by atoms with van der Waals surface area (Å²) in [5.41, 5.74) is 12.2. The molecule has 600 valence electrons. The van der Waals surface area contributed by atoms with Crippen molar-refractivity contribution in [2.75, 3.05) is 0 Å². The summed E-state index contributed by atoms with van der Waals surface area (Å²) in [5.74, 6) is 0. The molecule has 0 fully saturated rings. The van der Waals surface area contributed by atoms with E-state index in [4.69, 9.17) is 21.8 Å². The largest absolute Gasteiger partial charge is 0.344 e. The fourth-order valence-electron chi connectivity index (χ4n) is 0.204. The Bertz CT molecular complexity index is 390. The fourth-order valence-corrected chi connectivity index (χ4v) is 0.204. The SMILES string of the molecule is C.C.C.C.C.C.C.C.C.C.C.C.C.C.C.C.C.C.C.C.C.C.C.C=C.C=C.C=CCCC.CC.CC.CC.CC.CC.CC.CC.CC.CC.CC.CC.CC.CC.N.N#N.[Gd].[N-]=[N+]=N.[SiH3][SiH2][SiH3].[SiH3][SiH2][Si]([SiH3])([SiH3])[SiH3].[SiH3][SiH3].[SiH3][SiH]([SiH3])[SiH3].[SiH3][Si]([SiH3])([SiH3])[SiH3].[SiH4]. The van der Waals surface area contributed by atoms with Crippen LogP contribution in [0.2, 0.25) is 0 Å². The summed E-state index contributed by atoms with van der Waals surface area (Å²) in [5, 5.41) is 12.0. The van der Waals surface area contributed by atoms with Gasteiger partial charge in [-0.05, 0) is 211 Å². The van der Waals surface area contributed by atoms with Crippen molar-refractivity contribution in [1.82, 2.24) is 6.15 Å². The van der Waals surface area contributed by atoms with Crippen LogP contribution in [-0.2, 0) is 0 Å². The molecule has 0 bridgehead atoms. The average molecular weight is 1780 g/mol. The summed E-state index contributed by atoms with van der Waals surface area (Å²) in [7, 11) is 25.8. The van der Waals surface area contributed by atoms with Crippen LogP contribution in [0.25, 0.3) is 10.4 Å². The Morgan fingerprint density at radius 3 is 0.465 bits per heavy atom. The maximum Gasteiger partial charge on any atom is 0 e. The molecule has 6 nitrogen and oxygen atoms in total. The Morgan fingerprint density at radius 1 is 0.419 bits per heavy atom. The van der Waals surface area contributed by atoms with E-state index in [1.807, 2.05) is 186 Å². The van der Waals surface area contributed by atoms with E-state index in [0.717, 1.165) is 6.42 Å². The molecule has 0 aromatic heterocycles. The minimum atomic E-state index is -0.0556. The molecule has 86 heavy (non-hydrogen) atoms. The first-order chi connectivity index (χ1) is 28.5. The number of nitrogens with zero attached hydrogens (tertiary/aromatic N) is 4. The molecule has 0 amide bonds. The first kappa shape index (κ1) is 425. The zero-order valence-electron chi connectivity index (χ0n) is 53.9. The van der Waals surface area contributed by atoms with Crippen LogP contribution in [0.4, 0.5) is 0 Å². The van der Waals surface area contributed by atoms with Gasteiger partial charge in [0.2, 0.25) is 0 Å². The van der Waals surface area contributed by atoms with Crippen LogP contribution in [0.5, 0.6) is 0 Å². The Hall–Kier alpha value is 3.79. The summed E-state index contributed by atoms with van der Waals surface area (Å²) in [6.07, 6.45) is 4.24. The van der Waals surface area contributed by atoms with E-state index >= 15 is 0 Å². The second kappa shape index (κ2) is 1110. The Labute approximate surface area is 669 Å². The number of unbranched alkanes of at least 4 members (excludes halogenated alkanes) is 1. The third kappa shape index (κ3) is 8560. The van der Waals surface area contributed by atoms with Gasteiger partial charge in [-0.1, -0.05) is 370 Å². The summed E-state index contributed by atoms with van der Waals surface area (Å²) >= 11 is 0. The van der Waals surface area contributed by atoms with Crippen LogP contribution in [0.3, 0.4) is 0 Å². The number of rotatable bonds is 3. The molecule has 0 spiro atoms. The van der Waals surface area contributed by atoms with Gasteiger partial charge < -0.3 is 6.15 Å². The van der Waals surface area contributed by atoms with E-state index in [0.29, 0.717) is 17.1 Å². The minimum absolute atomic E-state index is 0. The van der Waals surface area contributed by atoms with Gasteiger partial charge >= 0.3 is 0 Å². The molecule has 0 aromatic carbocycles. The van der Waals surface area contributed by atoms with Gasteiger partial charge in [0.1, 0.15) is 0 Å². The van der Waals surface area contributed by atoms with Crippen molar-refractivity contribution in [2.24, 2.45) is 0 Å². The van der Waals surface area contributed by atoms with E-state index in [1.165, 1.54) is 25.9 Å². The first-order valence-electron chi connectivity index (χ1n) is 25.4. The van der Waals surface area contributed by atoms with Gasteiger partial charge in [0.05, 0.1) is 0 Å². The van der Waals surface area contributed by atoms with Crippen molar-refractivity contribution in [2.45, 2.75) is 371 Å². The van der Waals surface area contributed by atoms with Gasteiger partial charge in [-0.2, -0.15) is 0 Å². The summed E-state index contributed by atoms with van der Waals surface area (Å²) in [6, 6.07) is 0. The fraction of sp³-hybridized carbons (Fsp3) is 0.897. The average Bonchev–Trinajstić information content (AvgIpc) is 3.32. The van der Waals surface area contributed by atoms with Crippen molar-refractivity contribution in [3.05, 3.63) is 49.4 Å². The molecule has 4 N–H and O–H groups in total. The smallest absolute Gasteiger partial charge is 0 e. The van der Waals surface area contributed by atoms with Crippen LogP contribution in [0.15, 0.2) is 39.0 Å².